The van der Waals surface area contributed by atoms with Crippen molar-refractivity contribution < 1.29 is 9.59 Å². The van der Waals surface area contributed by atoms with Gasteiger partial charge in [0.05, 0.1) is 0 Å². The first-order chi connectivity index (χ1) is 11.4. The molecule has 24 heavy (non-hydrogen) atoms. The van der Waals surface area contributed by atoms with Gasteiger partial charge in [0.2, 0.25) is 0 Å². The lowest BCUT2D eigenvalue weighted by Crippen LogP contribution is -2.16. The van der Waals surface area contributed by atoms with Gasteiger partial charge in [0.25, 0.3) is 0 Å². The fraction of sp³-hybridized carbons (Fsp3) is 0.300. The smallest absolute Gasteiger partial charge is 0.162 e. The lowest BCUT2D eigenvalue weighted by Gasteiger charge is -2.14. The summed E-state index contributed by atoms with van der Waals surface area (Å²) in [5.41, 5.74) is 15.6. The van der Waals surface area contributed by atoms with Crippen LogP contribution in [0.4, 0.5) is 11.4 Å². The van der Waals surface area contributed by atoms with Gasteiger partial charge in [-0.05, 0) is 68.1 Å². The first-order valence-electron chi connectivity index (χ1n) is 8.11. The molecule has 0 fully saturated rings. The minimum atomic E-state index is -0.176. The molecule has 4 nitrogen and oxygen atoms in total. The minimum absolute atomic E-state index is 0.0321. The van der Waals surface area contributed by atoms with Crippen molar-refractivity contribution in [2.24, 2.45) is 5.92 Å². The topological polar surface area (TPSA) is 86.2 Å². The number of Topliss-reactive ketones (excluding diaryl/α,β-unsaturated/α-hetero) is 2. The largest absolute Gasteiger partial charge is 0.399 e. The summed E-state index contributed by atoms with van der Waals surface area (Å²) < 4.78 is 0. The molecule has 0 amide bonds. The highest BCUT2D eigenvalue weighted by molar-refractivity contribution is 5.96. The van der Waals surface area contributed by atoms with Crippen LogP contribution < -0.4 is 11.5 Å². The summed E-state index contributed by atoms with van der Waals surface area (Å²) in [6, 6.07) is 12.7. The molecule has 0 saturated carbocycles. The van der Waals surface area contributed by atoms with Crippen molar-refractivity contribution in [1.82, 2.24) is 0 Å². The summed E-state index contributed by atoms with van der Waals surface area (Å²) in [6.07, 6.45) is 1.48. The molecule has 1 unspecified atom stereocenters. The molecule has 2 rings (SSSR count). The van der Waals surface area contributed by atoms with Gasteiger partial charge in [-0.15, -0.1) is 0 Å². The fourth-order valence-corrected chi connectivity index (χ4v) is 2.67. The van der Waals surface area contributed by atoms with E-state index >= 15 is 0 Å². The molecule has 4 N–H and O–H groups in total. The molecule has 1 atom stereocenters. The van der Waals surface area contributed by atoms with Crippen LogP contribution in [0.15, 0.2) is 42.5 Å². The lowest BCUT2D eigenvalue weighted by atomic mass is 9.89. The van der Waals surface area contributed by atoms with Crippen LogP contribution in [0.2, 0.25) is 0 Å². The Balaban J connectivity index is 2.00. The Morgan fingerprint density at radius 3 is 2.29 bits per heavy atom. The summed E-state index contributed by atoms with van der Waals surface area (Å²) in [4.78, 5) is 24.2. The second kappa shape index (κ2) is 7.77. The second-order valence-electron chi connectivity index (χ2n) is 6.29. The maximum Gasteiger partial charge on any atom is 0.162 e. The van der Waals surface area contributed by atoms with E-state index in [4.69, 9.17) is 11.5 Å². The predicted molar refractivity (Wildman–Crippen MR) is 97.9 cm³/mol. The average molecular weight is 324 g/mol. The van der Waals surface area contributed by atoms with Crippen molar-refractivity contribution in [3.05, 3.63) is 59.2 Å². The quantitative estimate of drug-likeness (QED) is 0.602. The molecule has 0 radical (unpaired) electrons. The lowest BCUT2D eigenvalue weighted by molar-refractivity contribution is -0.120. The van der Waals surface area contributed by atoms with Gasteiger partial charge in [0.15, 0.2) is 5.78 Å². The van der Waals surface area contributed by atoms with Gasteiger partial charge in [-0.2, -0.15) is 0 Å². The Kier molecular flexibility index (Phi) is 5.74. The molecule has 0 heterocycles. The fourth-order valence-electron chi connectivity index (χ4n) is 2.67. The van der Waals surface area contributed by atoms with Crippen LogP contribution in [0, 0.1) is 12.8 Å². The Labute approximate surface area is 142 Å². The maximum absolute atomic E-state index is 12.3. The number of carbonyl (C=O) groups excluding carboxylic acids is 2. The molecule has 4 heteroatoms. The molecule has 0 spiro atoms. The van der Waals surface area contributed by atoms with Gasteiger partial charge in [0, 0.05) is 29.3 Å². The highest BCUT2D eigenvalue weighted by atomic mass is 16.1. The number of ketones is 2. The normalized spacial score (nSPS) is 11.9. The van der Waals surface area contributed by atoms with E-state index in [2.05, 4.69) is 0 Å². The van der Waals surface area contributed by atoms with Crippen molar-refractivity contribution in [3.8, 4) is 0 Å². The minimum Gasteiger partial charge on any atom is -0.399 e. The van der Waals surface area contributed by atoms with Crippen molar-refractivity contribution >= 4 is 22.9 Å². The summed E-state index contributed by atoms with van der Waals surface area (Å²) in [6.45, 7) is 3.53. The van der Waals surface area contributed by atoms with E-state index in [9.17, 15) is 9.59 Å². The van der Waals surface area contributed by atoms with Gasteiger partial charge in [-0.25, -0.2) is 0 Å². The molecule has 0 bridgehead atoms. The van der Waals surface area contributed by atoms with Crippen LogP contribution in [-0.2, 0) is 11.2 Å². The number of aryl methyl sites for hydroxylation is 1. The molecular formula is C20H24N2O2. The third-order valence-corrected chi connectivity index (χ3v) is 4.35. The van der Waals surface area contributed by atoms with E-state index in [1.807, 2.05) is 25.1 Å². The van der Waals surface area contributed by atoms with E-state index in [0.29, 0.717) is 30.5 Å². The molecule has 2 aromatic rings. The number of anilines is 2. The van der Waals surface area contributed by atoms with Crippen LogP contribution >= 0.6 is 0 Å². The van der Waals surface area contributed by atoms with E-state index in [1.165, 1.54) is 0 Å². The number of nitrogens with two attached hydrogens (primary N) is 2. The summed E-state index contributed by atoms with van der Waals surface area (Å²) in [5.74, 6) is -0.0474. The van der Waals surface area contributed by atoms with Crippen molar-refractivity contribution in [2.75, 3.05) is 11.5 Å². The Morgan fingerprint density at radius 1 is 1.04 bits per heavy atom. The van der Waals surface area contributed by atoms with Crippen LogP contribution in [-0.4, -0.2) is 11.6 Å². The first-order valence-corrected chi connectivity index (χ1v) is 8.11. The second-order valence-corrected chi connectivity index (χ2v) is 6.29. The molecule has 2 aromatic carbocycles. The highest BCUT2D eigenvalue weighted by Gasteiger charge is 2.17. The van der Waals surface area contributed by atoms with Crippen molar-refractivity contribution in [1.29, 1.82) is 0 Å². The van der Waals surface area contributed by atoms with Gasteiger partial charge in [-0.1, -0.05) is 12.1 Å². The number of benzene rings is 2. The van der Waals surface area contributed by atoms with E-state index in [0.717, 1.165) is 16.8 Å². The van der Waals surface area contributed by atoms with Crippen LogP contribution in [0.25, 0.3) is 0 Å². The van der Waals surface area contributed by atoms with Gasteiger partial charge in [-0.3, -0.25) is 9.59 Å². The number of carbonyl (C=O) groups is 2. The number of hydrogen-bond donors (Lipinski definition) is 2. The zero-order valence-corrected chi connectivity index (χ0v) is 14.2. The Bertz CT molecular complexity index is 736. The number of rotatable bonds is 7. The van der Waals surface area contributed by atoms with Gasteiger partial charge >= 0.3 is 0 Å². The van der Waals surface area contributed by atoms with E-state index in [-0.39, 0.29) is 17.5 Å². The summed E-state index contributed by atoms with van der Waals surface area (Å²) in [7, 11) is 0. The van der Waals surface area contributed by atoms with E-state index < -0.39 is 0 Å². The van der Waals surface area contributed by atoms with Crippen molar-refractivity contribution in [2.45, 2.75) is 33.1 Å². The van der Waals surface area contributed by atoms with Crippen LogP contribution in [0.1, 0.15) is 41.3 Å². The molecule has 0 saturated heterocycles. The van der Waals surface area contributed by atoms with Crippen molar-refractivity contribution in [3.63, 3.8) is 0 Å². The molecule has 0 aromatic heterocycles. The van der Waals surface area contributed by atoms with Gasteiger partial charge < -0.3 is 11.5 Å². The third kappa shape index (κ3) is 4.69. The zero-order valence-electron chi connectivity index (χ0n) is 14.2. The highest BCUT2D eigenvalue weighted by Crippen LogP contribution is 2.20. The predicted octanol–water partition coefficient (Wildman–Crippen LogP) is 3.57. The van der Waals surface area contributed by atoms with Crippen LogP contribution in [0.3, 0.4) is 0 Å². The number of hydrogen-bond acceptors (Lipinski definition) is 4. The molecule has 126 valence electrons. The van der Waals surface area contributed by atoms with Crippen LogP contribution in [0.5, 0.6) is 0 Å². The third-order valence-electron chi connectivity index (χ3n) is 4.35. The molecule has 0 aliphatic rings. The average Bonchev–Trinajstić information content (AvgIpc) is 2.54. The molecule has 0 aliphatic heterocycles. The molecule has 0 aliphatic carbocycles. The maximum atomic E-state index is 12.3. The Hall–Kier alpha value is -2.62. The standard InChI is InChI=1S/C20H24N2O2/c1-13-3-4-15(12-19(13)22)11-17(14(2)23)7-10-20(24)16-5-8-18(21)9-6-16/h3-6,8-9,12,17H,7,10-11,21-22H2,1-2H3. The Morgan fingerprint density at radius 2 is 1.71 bits per heavy atom. The molecular weight excluding hydrogens is 300 g/mol. The summed E-state index contributed by atoms with van der Waals surface area (Å²) in [5, 5.41) is 0. The number of nitrogen functional groups attached to an aromatic ring is 2. The zero-order chi connectivity index (χ0) is 17.7. The van der Waals surface area contributed by atoms with Gasteiger partial charge in [0.1, 0.15) is 5.78 Å². The first kappa shape index (κ1) is 17.7. The monoisotopic (exact) mass is 324 g/mol. The SMILES string of the molecule is CC(=O)C(CCC(=O)c1ccc(N)cc1)Cc1ccc(C)c(N)c1. The van der Waals surface area contributed by atoms with E-state index in [1.54, 1.807) is 31.2 Å². The summed E-state index contributed by atoms with van der Waals surface area (Å²) >= 11 is 0.